The van der Waals surface area contributed by atoms with Crippen LogP contribution in [-0.2, 0) is 5.41 Å². The molecule has 3 aliphatic rings. The molecule has 9 heteroatoms. The number of nitrogen functional groups attached to an aromatic ring is 1. The zero-order valence-corrected chi connectivity index (χ0v) is 25.3. The number of nitrogens with two attached hydrogens (primary N) is 1. The molecule has 0 saturated carbocycles. The third-order valence-corrected chi connectivity index (χ3v) is 10.7. The topological polar surface area (TPSA) is 111 Å². The van der Waals surface area contributed by atoms with Crippen LogP contribution in [0.1, 0.15) is 72.7 Å². The second kappa shape index (κ2) is 11.4. The zero-order chi connectivity index (χ0) is 30.4. The number of likely N-dealkylation sites (tertiary alicyclic amines) is 1. The van der Waals surface area contributed by atoms with Crippen molar-refractivity contribution < 1.29 is 9.72 Å². The molecule has 9 nitrogen and oxygen atoms in total. The van der Waals surface area contributed by atoms with E-state index in [4.69, 9.17) is 10.7 Å². The normalized spacial score (nSPS) is 23.2. The number of nitrogens with zero attached hydrogens (tertiary/aromatic N) is 5. The van der Waals surface area contributed by atoms with E-state index in [1.807, 2.05) is 4.90 Å². The molecule has 7 rings (SSSR count). The first kappa shape index (κ1) is 28.5. The Balaban J connectivity index is 1.07. The lowest BCUT2D eigenvalue weighted by Gasteiger charge is -2.45. The maximum absolute atomic E-state index is 13.5. The summed E-state index contributed by atoms with van der Waals surface area (Å²) < 4.78 is 2.49. The first-order valence-corrected chi connectivity index (χ1v) is 15.9. The molecule has 2 bridgehead atoms. The van der Waals surface area contributed by atoms with Crippen LogP contribution in [-0.4, -0.2) is 61.9 Å². The van der Waals surface area contributed by atoms with Crippen molar-refractivity contribution in [3.63, 3.8) is 0 Å². The lowest BCUT2D eigenvalue weighted by Crippen LogP contribution is -2.49. The van der Waals surface area contributed by atoms with E-state index in [2.05, 4.69) is 71.0 Å². The Hall–Kier alpha value is -4.24. The van der Waals surface area contributed by atoms with Crippen molar-refractivity contribution in [3.8, 4) is 0 Å². The molecule has 2 unspecified atom stereocenters. The number of benzene rings is 3. The molecule has 1 aromatic heterocycles. The fourth-order valence-electron chi connectivity index (χ4n) is 8.47. The van der Waals surface area contributed by atoms with Crippen molar-refractivity contribution in [2.24, 2.45) is 0 Å². The number of aromatic nitrogens is 2. The van der Waals surface area contributed by atoms with Crippen LogP contribution >= 0.6 is 0 Å². The monoisotopic (exact) mass is 592 g/mol. The highest BCUT2D eigenvalue weighted by molar-refractivity contribution is 6.01. The predicted molar refractivity (Wildman–Crippen MR) is 172 cm³/mol. The van der Waals surface area contributed by atoms with Gasteiger partial charge in [-0.15, -0.1) is 0 Å². The number of carbonyl (C=O) groups is 1. The van der Waals surface area contributed by atoms with E-state index >= 15 is 0 Å². The molecule has 3 aliphatic heterocycles. The summed E-state index contributed by atoms with van der Waals surface area (Å²) >= 11 is 0. The van der Waals surface area contributed by atoms with Crippen LogP contribution in [0.25, 0.3) is 11.0 Å². The number of fused-ring (bicyclic) bond motifs is 3. The molecular formula is C35H40N6O3. The van der Waals surface area contributed by atoms with E-state index in [1.54, 1.807) is 6.07 Å². The molecule has 44 heavy (non-hydrogen) atoms. The van der Waals surface area contributed by atoms with Gasteiger partial charge < -0.3 is 15.2 Å². The smallest absolute Gasteiger partial charge is 0.292 e. The SMILES string of the molecule is Cc1nc2ccccc2n1C1CC2CCC(C1)N2CCC1(c2ccccc2)CCN(C(=O)c2cccc([N+](=O)[O-])c2N)CC1. The molecule has 1 amide bonds. The van der Waals surface area contributed by atoms with Crippen molar-refractivity contribution in [2.45, 2.75) is 75.4 Å². The summed E-state index contributed by atoms with van der Waals surface area (Å²) in [6.45, 7) is 4.38. The second-order valence-corrected chi connectivity index (χ2v) is 12.9. The van der Waals surface area contributed by atoms with Gasteiger partial charge in [0.25, 0.3) is 11.6 Å². The molecule has 3 fully saturated rings. The standard InChI is InChI=1S/C35H40N6O3/c1-24-37-30-11-5-6-12-31(30)40(24)28-22-26-14-15-27(23-28)39(26)21-18-35(25-8-3-2-4-9-25)16-19-38(20-17-35)34(42)29-10-7-13-32(33(29)36)41(43)44/h2-13,26-28H,14-23,36H2,1H3. The molecule has 0 radical (unpaired) electrons. The number of piperidine rings is 2. The number of hydrogen-bond donors (Lipinski definition) is 1. The van der Waals surface area contributed by atoms with Crippen LogP contribution in [0.4, 0.5) is 11.4 Å². The van der Waals surface area contributed by atoms with Crippen LogP contribution in [0.15, 0.2) is 72.8 Å². The van der Waals surface area contributed by atoms with Gasteiger partial charge in [0.2, 0.25) is 0 Å². The number of rotatable bonds is 7. The summed E-state index contributed by atoms with van der Waals surface area (Å²) in [7, 11) is 0. The third-order valence-electron chi connectivity index (χ3n) is 10.7. The Bertz CT molecular complexity index is 1680. The summed E-state index contributed by atoms with van der Waals surface area (Å²) in [6.07, 6.45) is 7.55. The quantitative estimate of drug-likeness (QED) is 0.154. The van der Waals surface area contributed by atoms with E-state index in [0.717, 1.165) is 50.0 Å². The van der Waals surface area contributed by atoms with Crippen molar-refractivity contribution >= 4 is 28.3 Å². The van der Waals surface area contributed by atoms with Gasteiger partial charge in [0.1, 0.15) is 11.5 Å². The number of aryl methyl sites for hydroxylation is 1. The maximum atomic E-state index is 13.5. The summed E-state index contributed by atoms with van der Waals surface area (Å²) in [4.78, 5) is 33.8. The minimum absolute atomic E-state index is 0.0281. The first-order chi connectivity index (χ1) is 21.3. The molecular weight excluding hydrogens is 552 g/mol. The number of carbonyl (C=O) groups excluding carboxylic acids is 1. The lowest BCUT2D eigenvalue weighted by molar-refractivity contribution is -0.383. The summed E-state index contributed by atoms with van der Waals surface area (Å²) in [5.74, 6) is 0.885. The highest BCUT2D eigenvalue weighted by Crippen LogP contribution is 2.45. The number of anilines is 1. The van der Waals surface area contributed by atoms with Crippen molar-refractivity contribution in [3.05, 3.63) is 99.9 Å². The molecule has 4 aromatic rings. The first-order valence-electron chi connectivity index (χ1n) is 15.9. The van der Waals surface area contributed by atoms with Crippen molar-refractivity contribution in [1.29, 1.82) is 0 Å². The highest BCUT2D eigenvalue weighted by atomic mass is 16.6. The van der Waals surface area contributed by atoms with Gasteiger partial charge >= 0.3 is 0 Å². The second-order valence-electron chi connectivity index (χ2n) is 12.9. The maximum Gasteiger partial charge on any atom is 0.292 e. The van der Waals surface area contributed by atoms with Gasteiger partial charge in [-0.25, -0.2) is 4.98 Å². The van der Waals surface area contributed by atoms with Crippen molar-refractivity contribution in [1.82, 2.24) is 19.4 Å². The summed E-state index contributed by atoms with van der Waals surface area (Å²) in [5.41, 5.74) is 9.66. The van der Waals surface area contributed by atoms with Gasteiger partial charge in [0, 0.05) is 37.3 Å². The van der Waals surface area contributed by atoms with E-state index in [0.29, 0.717) is 31.2 Å². The van der Waals surface area contributed by atoms with Crippen LogP contribution in [0.2, 0.25) is 0 Å². The number of hydrogen-bond acceptors (Lipinski definition) is 6. The number of amides is 1. The lowest BCUT2D eigenvalue weighted by atomic mass is 9.70. The molecule has 3 aromatic carbocycles. The van der Waals surface area contributed by atoms with Crippen LogP contribution in [0, 0.1) is 17.0 Å². The van der Waals surface area contributed by atoms with E-state index in [9.17, 15) is 14.9 Å². The van der Waals surface area contributed by atoms with Gasteiger partial charge in [-0.3, -0.25) is 19.8 Å². The average Bonchev–Trinajstić information content (AvgIpc) is 3.50. The number of nitro groups is 1. The summed E-state index contributed by atoms with van der Waals surface area (Å²) in [5, 5.41) is 11.4. The molecule has 0 aliphatic carbocycles. The van der Waals surface area contributed by atoms with Crippen LogP contribution in [0.3, 0.4) is 0 Å². The Kier molecular flexibility index (Phi) is 7.36. The predicted octanol–water partition coefficient (Wildman–Crippen LogP) is 6.27. The molecule has 2 N–H and O–H groups in total. The highest BCUT2D eigenvalue weighted by Gasteiger charge is 2.44. The van der Waals surface area contributed by atoms with Crippen molar-refractivity contribution in [2.75, 3.05) is 25.4 Å². The minimum Gasteiger partial charge on any atom is -0.393 e. The van der Waals surface area contributed by atoms with E-state index < -0.39 is 4.92 Å². The molecule has 0 spiro atoms. The van der Waals surface area contributed by atoms with Gasteiger partial charge in [0.15, 0.2) is 0 Å². The van der Waals surface area contributed by atoms with Crippen LogP contribution < -0.4 is 5.73 Å². The van der Waals surface area contributed by atoms with Gasteiger partial charge in [0.05, 0.1) is 21.5 Å². The fourth-order valence-corrected chi connectivity index (χ4v) is 8.47. The number of imidazole rings is 1. The molecule has 228 valence electrons. The number of nitro benzene ring substituents is 1. The Morgan fingerprint density at radius 2 is 1.64 bits per heavy atom. The largest absolute Gasteiger partial charge is 0.393 e. The fraction of sp³-hybridized carbons (Fsp3) is 0.429. The average molecular weight is 593 g/mol. The zero-order valence-electron chi connectivity index (χ0n) is 25.3. The molecule has 2 atom stereocenters. The van der Waals surface area contributed by atoms with Gasteiger partial charge in [-0.2, -0.15) is 0 Å². The Morgan fingerprint density at radius 1 is 0.955 bits per heavy atom. The van der Waals surface area contributed by atoms with E-state index in [-0.39, 0.29) is 28.3 Å². The number of para-hydroxylation sites is 3. The molecule has 3 saturated heterocycles. The third kappa shape index (κ3) is 4.93. The van der Waals surface area contributed by atoms with Gasteiger partial charge in [-0.05, 0) is 87.6 Å². The van der Waals surface area contributed by atoms with Crippen LogP contribution in [0.5, 0.6) is 0 Å². The summed E-state index contributed by atoms with van der Waals surface area (Å²) in [6, 6.07) is 25.4. The molecule has 4 heterocycles. The minimum atomic E-state index is -0.530. The Labute approximate surface area is 257 Å². The Morgan fingerprint density at radius 3 is 2.34 bits per heavy atom. The van der Waals surface area contributed by atoms with E-state index in [1.165, 1.54) is 36.1 Å². The van der Waals surface area contributed by atoms with Gasteiger partial charge in [-0.1, -0.05) is 48.5 Å².